The van der Waals surface area contributed by atoms with Crippen LogP contribution in [0.25, 0.3) is 0 Å². The van der Waals surface area contributed by atoms with Crippen molar-refractivity contribution in [2.75, 3.05) is 32.6 Å². The van der Waals surface area contributed by atoms with Crippen LogP contribution in [0.15, 0.2) is 12.4 Å². The maximum atomic E-state index is 11.5. The van der Waals surface area contributed by atoms with Crippen molar-refractivity contribution in [1.29, 1.82) is 0 Å². The van der Waals surface area contributed by atoms with Gasteiger partial charge in [-0.1, -0.05) is 0 Å². The van der Waals surface area contributed by atoms with Crippen LogP contribution in [0.4, 0.5) is 5.82 Å². The van der Waals surface area contributed by atoms with Crippen LogP contribution in [0.2, 0.25) is 0 Å². The molecule has 2 heterocycles. The Morgan fingerprint density at radius 2 is 2.21 bits per heavy atom. The summed E-state index contributed by atoms with van der Waals surface area (Å²) in [6, 6.07) is 0.834. The van der Waals surface area contributed by atoms with E-state index in [-0.39, 0.29) is 5.69 Å². The van der Waals surface area contributed by atoms with Gasteiger partial charge < -0.3 is 14.5 Å². The van der Waals surface area contributed by atoms with Gasteiger partial charge in [-0.3, -0.25) is 4.98 Å². The highest BCUT2D eigenvalue weighted by molar-refractivity contribution is 5.87. The summed E-state index contributed by atoms with van der Waals surface area (Å²) in [6.07, 6.45) is 4.21. The molecular formula is C13H20N4O2. The minimum Gasteiger partial charge on any atom is -0.464 e. The molecule has 2 atom stereocenters. The Morgan fingerprint density at radius 1 is 1.47 bits per heavy atom. The standard InChI is InChI=1S/C13H20N4O2/c1-9-11(16(2)3)5-6-17(9)12-8-14-7-10(15-12)13(18)19-4/h7-9,11H,5-6H2,1-4H3. The third kappa shape index (κ3) is 2.68. The normalized spacial score (nSPS) is 22.9. The minimum atomic E-state index is -0.453. The van der Waals surface area contributed by atoms with Crippen LogP contribution in [-0.4, -0.2) is 60.7 Å². The topological polar surface area (TPSA) is 58.6 Å². The van der Waals surface area contributed by atoms with Crippen molar-refractivity contribution in [2.45, 2.75) is 25.4 Å². The fourth-order valence-electron chi connectivity index (χ4n) is 2.63. The molecule has 6 heteroatoms. The van der Waals surface area contributed by atoms with Gasteiger partial charge in [-0.05, 0) is 27.4 Å². The molecule has 0 spiro atoms. The molecule has 1 saturated heterocycles. The molecule has 1 fully saturated rings. The number of ether oxygens (including phenoxy) is 1. The Balaban J connectivity index is 2.21. The number of aromatic nitrogens is 2. The van der Waals surface area contributed by atoms with Crippen molar-refractivity contribution in [3.63, 3.8) is 0 Å². The van der Waals surface area contributed by atoms with Gasteiger partial charge in [0.25, 0.3) is 0 Å². The molecule has 2 rings (SSSR count). The highest BCUT2D eigenvalue weighted by Crippen LogP contribution is 2.25. The van der Waals surface area contributed by atoms with Crippen molar-refractivity contribution in [3.8, 4) is 0 Å². The van der Waals surface area contributed by atoms with Gasteiger partial charge in [0.15, 0.2) is 5.69 Å². The second-order valence-electron chi connectivity index (χ2n) is 5.01. The Morgan fingerprint density at radius 3 is 2.79 bits per heavy atom. The van der Waals surface area contributed by atoms with E-state index in [1.165, 1.54) is 13.3 Å². The number of hydrogen-bond donors (Lipinski definition) is 0. The van der Waals surface area contributed by atoms with Gasteiger partial charge in [-0.15, -0.1) is 0 Å². The number of rotatable bonds is 3. The van der Waals surface area contributed by atoms with Gasteiger partial charge in [0.2, 0.25) is 0 Å². The Bertz CT molecular complexity index is 464. The molecule has 0 aromatic carbocycles. The van der Waals surface area contributed by atoms with Crippen molar-refractivity contribution < 1.29 is 9.53 Å². The second-order valence-corrected chi connectivity index (χ2v) is 5.01. The van der Waals surface area contributed by atoms with Gasteiger partial charge in [0.05, 0.1) is 19.5 Å². The maximum Gasteiger partial charge on any atom is 0.358 e. The summed E-state index contributed by atoms with van der Waals surface area (Å²) in [7, 11) is 5.51. The predicted octanol–water partition coefficient (Wildman–Crippen LogP) is 0.792. The fraction of sp³-hybridized carbons (Fsp3) is 0.615. The van der Waals surface area contributed by atoms with Crippen LogP contribution in [-0.2, 0) is 4.74 Å². The molecule has 0 amide bonds. The Kier molecular flexibility index (Phi) is 3.99. The number of carbonyl (C=O) groups excluding carboxylic acids is 1. The second kappa shape index (κ2) is 5.52. The van der Waals surface area contributed by atoms with E-state index in [2.05, 4.69) is 45.5 Å². The quantitative estimate of drug-likeness (QED) is 0.752. The Labute approximate surface area is 113 Å². The van der Waals surface area contributed by atoms with Crippen LogP contribution in [0.5, 0.6) is 0 Å². The molecule has 1 aliphatic rings. The average Bonchev–Trinajstić information content (AvgIpc) is 2.80. The first-order valence-corrected chi connectivity index (χ1v) is 6.38. The summed E-state index contributed by atoms with van der Waals surface area (Å²) >= 11 is 0. The molecule has 6 nitrogen and oxygen atoms in total. The molecule has 1 aromatic heterocycles. The lowest BCUT2D eigenvalue weighted by Crippen LogP contribution is -2.40. The van der Waals surface area contributed by atoms with Gasteiger partial charge in [-0.2, -0.15) is 0 Å². The molecule has 0 saturated carbocycles. The van der Waals surface area contributed by atoms with Crippen LogP contribution in [0, 0.1) is 0 Å². The third-order valence-electron chi connectivity index (χ3n) is 3.69. The fourth-order valence-corrected chi connectivity index (χ4v) is 2.63. The van der Waals surface area contributed by atoms with Gasteiger partial charge in [0.1, 0.15) is 5.82 Å². The molecule has 19 heavy (non-hydrogen) atoms. The minimum absolute atomic E-state index is 0.250. The summed E-state index contributed by atoms with van der Waals surface area (Å²) in [4.78, 5) is 24.3. The SMILES string of the molecule is COC(=O)c1cncc(N2CCC(N(C)C)C2C)n1. The highest BCUT2D eigenvalue weighted by Gasteiger charge is 2.33. The molecule has 0 aliphatic carbocycles. The molecular weight excluding hydrogens is 244 g/mol. The average molecular weight is 264 g/mol. The lowest BCUT2D eigenvalue weighted by atomic mass is 10.1. The zero-order valence-electron chi connectivity index (χ0n) is 11.8. The van der Waals surface area contributed by atoms with Gasteiger partial charge >= 0.3 is 5.97 Å². The molecule has 104 valence electrons. The summed E-state index contributed by atoms with van der Waals surface area (Å²) in [5, 5.41) is 0. The zero-order valence-corrected chi connectivity index (χ0v) is 11.8. The van der Waals surface area contributed by atoms with Crippen LogP contribution < -0.4 is 4.90 Å². The molecule has 0 N–H and O–H groups in total. The molecule has 0 bridgehead atoms. The van der Waals surface area contributed by atoms with Gasteiger partial charge in [0, 0.05) is 18.6 Å². The number of anilines is 1. The van der Waals surface area contributed by atoms with E-state index in [4.69, 9.17) is 0 Å². The first kappa shape index (κ1) is 13.7. The number of likely N-dealkylation sites (N-methyl/N-ethyl adjacent to an activating group) is 1. The van der Waals surface area contributed by atoms with E-state index in [1.54, 1.807) is 6.20 Å². The molecule has 1 aliphatic heterocycles. The van der Waals surface area contributed by atoms with Crippen LogP contribution in [0.1, 0.15) is 23.8 Å². The smallest absolute Gasteiger partial charge is 0.358 e. The largest absolute Gasteiger partial charge is 0.464 e. The van der Waals surface area contributed by atoms with E-state index in [9.17, 15) is 4.79 Å². The Hall–Kier alpha value is -1.69. The number of carbonyl (C=O) groups is 1. The summed E-state index contributed by atoms with van der Waals surface area (Å²) in [6.45, 7) is 3.09. The van der Waals surface area contributed by atoms with Gasteiger partial charge in [-0.25, -0.2) is 9.78 Å². The van der Waals surface area contributed by atoms with Crippen molar-refractivity contribution in [3.05, 3.63) is 18.1 Å². The van der Waals surface area contributed by atoms with Crippen molar-refractivity contribution in [2.24, 2.45) is 0 Å². The highest BCUT2D eigenvalue weighted by atomic mass is 16.5. The third-order valence-corrected chi connectivity index (χ3v) is 3.69. The predicted molar refractivity (Wildman–Crippen MR) is 72.3 cm³/mol. The van der Waals surface area contributed by atoms with Crippen molar-refractivity contribution in [1.82, 2.24) is 14.9 Å². The van der Waals surface area contributed by atoms with Crippen LogP contribution >= 0.6 is 0 Å². The lowest BCUT2D eigenvalue weighted by molar-refractivity contribution is 0.0593. The summed E-state index contributed by atoms with van der Waals surface area (Å²) in [5.41, 5.74) is 0.250. The first-order chi connectivity index (χ1) is 9.04. The molecule has 1 aromatic rings. The number of nitrogens with zero attached hydrogens (tertiary/aromatic N) is 4. The lowest BCUT2D eigenvalue weighted by Gasteiger charge is -2.28. The van der Waals surface area contributed by atoms with E-state index in [0.29, 0.717) is 12.1 Å². The van der Waals surface area contributed by atoms with E-state index < -0.39 is 5.97 Å². The number of methoxy groups -OCH3 is 1. The summed E-state index contributed by atoms with van der Waals surface area (Å²) in [5.74, 6) is 0.283. The maximum absolute atomic E-state index is 11.5. The first-order valence-electron chi connectivity index (χ1n) is 6.38. The van der Waals surface area contributed by atoms with Crippen LogP contribution in [0.3, 0.4) is 0 Å². The zero-order chi connectivity index (χ0) is 14.0. The van der Waals surface area contributed by atoms with E-state index in [0.717, 1.165) is 18.8 Å². The molecule has 0 radical (unpaired) electrons. The summed E-state index contributed by atoms with van der Waals surface area (Å²) < 4.78 is 4.67. The van der Waals surface area contributed by atoms with Crippen molar-refractivity contribution >= 4 is 11.8 Å². The monoisotopic (exact) mass is 264 g/mol. The number of esters is 1. The number of hydrogen-bond acceptors (Lipinski definition) is 6. The van der Waals surface area contributed by atoms with E-state index in [1.807, 2.05) is 0 Å². The molecule has 2 unspecified atom stereocenters. The van der Waals surface area contributed by atoms with E-state index >= 15 is 0 Å².